The van der Waals surface area contributed by atoms with E-state index >= 15 is 0 Å². The first-order chi connectivity index (χ1) is 13.1. The number of anilines is 3. The van der Waals surface area contributed by atoms with Crippen molar-refractivity contribution in [2.24, 2.45) is 7.05 Å². The first-order valence-corrected chi connectivity index (χ1v) is 8.92. The van der Waals surface area contributed by atoms with Crippen molar-refractivity contribution in [3.05, 3.63) is 71.4 Å². The Morgan fingerprint density at radius 2 is 1.67 bits per heavy atom. The summed E-state index contributed by atoms with van der Waals surface area (Å²) in [5.74, 6) is 1.32. The van der Waals surface area contributed by atoms with E-state index in [1.54, 1.807) is 10.9 Å². The smallest absolute Gasteiger partial charge is 0.227 e. The van der Waals surface area contributed by atoms with Crippen molar-refractivity contribution in [1.82, 2.24) is 19.7 Å². The summed E-state index contributed by atoms with van der Waals surface area (Å²) in [4.78, 5) is 9.35. The van der Waals surface area contributed by atoms with Crippen LogP contribution < -0.4 is 10.6 Å². The van der Waals surface area contributed by atoms with Gasteiger partial charge in [0.05, 0.1) is 11.6 Å². The van der Waals surface area contributed by atoms with Crippen LogP contribution in [0, 0.1) is 13.8 Å². The summed E-state index contributed by atoms with van der Waals surface area (Å²) in [7, 11) is 1.89. The zero-order valence-electron chi connectivity index (χ0n) is 15.7. The van der Waals surface area contributed by atoms with Crippen LogP contribution in [0.5, 0.6) is 0 Å². The lowest BCUT2D eigenvalue weighted by molar-refractivity contribution is 0.785. The van der Waals surface area contributed by atoms with Crippen LogP contribution in [0.2, 0.25) is 0 Å². The molecule has 2 aromatic heterocycles. The fraction of sp³-hybridized carbons (Fsp3) is 0.190. The summed E-state index contributed by atoms with van der Waals surface area (Å²) in [6.07, 6.45) is 1.79. The minimum atomic E-state index is 0.574. The SMILES string of the molecule is Cc1ccccc1CNc1nc(Nc2ccccc2C)c2cnn(C)c2n1. The van der Waals surface area contributed by atoms with Gasteiger partial charge < -0.3 is 10.6 Å². The molecule has 2 heterocycles. The van der Waals surface area contributed by atoms with Crippen LogP contribution in [-0.4, -0.2) is 19.7 Å². The molecule has 0 saturated carbocycles. The van der Waals surface area contributed by atoms with Crippen molar-refractivity contribution < 1.29 is 0 Å². The van der Waals surface area contributed by atoms with Gasteiger partial charge in [-0.1, -0.05) is 42.5 Å². The van der Waals surface area contributed by atoms with Crippen LogP contribution in [0.3, 0.4) is 0 Å². The van der Waals surface area contributed by atoms with E-state index in [1.807, 2.05) is 37.4 Å². The van der Waals surface area contributed by atoms with Crippen LogP contribution in [0.1, 0.15) is 16.7 Å². The number of para-hydroxylation sites is 1. The number of fused-ring (bicyclic) bond motifs is 1. The molecule has 0 radical (unpaired) electrons. The zero-order valence-corrected chi connectivity index (χ0v) is 15.7. The highest BCUT2D eigenvalue weighted by atomic mass is 15.3. The molecule has 0 fully saturated rings. The molecule has 0 bridgehead atoms. The molecule has 2 N–H and O–H groups in total. The van der Waals surface area contributed by atoms with Crippen LogP contribution in [0.4, 0.5) is 17.5 Å². The molecule has 136 valence electrons. The predicted molar refractivity (Wildman–Crippen MR) is 109 cm³/mol. The fourth-order valence-corrected chi connectivity index (χ4v) is 3.02. The molecule has 0 atom stereocenters. The maximum Gasteiger partial charge on any atom is 0.227 e. The predicted octanol–water partition coefficient (Wildman–Crippen LogP) is 4.34. The molecule has 0 aliphatic heterocycles. The summed E-state index contributed by atoms with van der Waals surface area (Å²) >= 11 is 0. The molecule has 0 unspecified atom stereocenters. The van der Waals surface area contributed by atoms with E-state index in [9.17, 15) is 0 Å². The average molecular weight is 358 g/mol. The Morgan fingerprint density at radius 3 is 2.44 bits per heavy atom. The number of nitrogens with zero attached hydrogens (tertiary/aromatic N) is 4. The molecule has 6 nitrogen and oxygen atoms in total. The fourth-order valence-electron chi connectivity index (χ4n) is 3.02. The maximum atomic E-state index is 4.71. The van der Waals surface area contributed by atoms with Crippen molar-refractivity contribution in [3.8, 4) is 0 Å². The van der Waals surface area contributed by atoms with Gasteiger partial charge in [0.15, 0.2) is 5.65 Å². The minimum absolute atomic E-state index is 0.574. The van der Waals surface area contributed by atoms with Crippen LogP contribution >= 0.6 is 0 Å². The summed E-state index contributed by atoms with van der Waals surface area (Å²) in [5, 5.41) is 12.0. The van der Waals surface area contributed by atoms with Gasteiger partial charge in [0.2, 0.25) is 5.95 Å². The third-order valence-corrected chi connectivity index (χ3v) is 4.69. The number of aromatic nitrogens is 4. The number of benzene rings is 2. The second-order valence-electron chi connectivity index (χ2n) is 6.62. The largest absolute Gasteiger partial charge is 0.350 e. The minimum Gasteiger partial charge on any atom is -0.350 e. The Bertz CT molecular complexity index is 1100. The number of nitrogens with one attached hydrogen (secondary N) is 2. The summed E-state index contributed by atoms with van der Waals surface area (Å²) in [5.41, 5.74) is 5.42. The maximum absolute atomic E-state index is 4.71. The Kier molecular flexibility index (Phi) is 4.46. The average Bonchev–Trinajstić information content (AvgIpc) is 3.04. The summed E-state index contributed by atoms with van der Waals surface area (Å²) in [6.45, 7) is 4.84. The van der Waals surface area contributed by atoms with Crippen molar-refractivity contribution in [2.75, 3.05) is 10.6 Å². The van der Waals surface area contributed by atoms with E-state index in [0.29, 0.717) is 12.5 Å². The topological polar surface area (TPSA) is 67.7 Å². The zero-order chi connectivity index (χ0) is 18.8. The lowest BCUT2D eigenvalue weighted by Gasteiger charge is -2.12. The van der Waals surface area contributed by atoms with E-state index in [4.69, 9.17) is 4.98 Å². The van der Waals surface area contributed by atoms with Crippen molar-refractivity contribution >= 4 is 28.5 Å². The first kappa shape index (κ1) is 17.0. The van der Waals surface area contributed by atoms with Gasteiger partial charge in [0, 0.05) is 19.3 Å². The van der Waals surface area contributed by atoms with Crippen molar-refractivity contribution in [3.63, 3.8) is 0 Å². The van der Waals surface area contributed by atoms with E-state index < -0.39 is 0 Å². The van der Waals surface area contributed by atoms with Gasteiger partial charge in [-0.05, 0) is 36.6 Å². The number of aryl methyl sites for hydroxylation is 3. The van der Waals surface area contributed by atoms with E-state index in [2.05, 4.69) is 52.8 Å². The van der Waals surface area contributed by atoms with Gasteiger partial charge in [-0.2, -0.15) is 15.1 Å². The molecule has 6 heteroatoms. The van der Waals surface area contributed by atoms with Gasteiger partial charge in [0.25, 0.3) is 0 Å². The third kappa shape index (κ3) is 3.46. The second-order valence-corrected chi connectivity index (χ2v) is 6.62. The first-order valence-electron chi connectivity index (χ1n) is 8.92. The van der Waals surface area contributed by atoms with Gasteiger partial charge in [-0.3, -0.25) is 4.68 Å². The normalized spacial score (nSPS) is 10.9. The van der Waals surface area contributed by atoms with Crippen molar-refractivity contribution in [1.29, 1.82) is 0 Å². The molecule has 0 aliphatic rings. The summed E-state index contributed by atoms with van der Waals surface area (Å²) in [6, 6.07) is 16.4. The van der Waals surface area contributed by atoms with E-state index in [1.165, 1.54) is 11.1 Å². The third-order valence-electron chi connectivity index (χ3n) is 4.69. The number of rotatable bonds is 5. The lowest BCUT2D eigenvalue weighted by Crippen LogP contribution is -2.08. The highest BCUT2D eigenvalue weighted by molar-refractivity contribution is 5.89. The summed E-state index contributed by atoms with van der Waals surface area (Å²) < 4.78 is 1.76. The molecule has 0 amide bonds. The van der Waals surface area contributed by atoms with E-state index in [0.717, 1.165) is 28.1 Å². The highest BCUT2D eigenvalue weighted by Crippen LogP contribution is 2.26. The van der Waals surface area contributed by atoms with Gasteiger partial charge in [-0.25, -0.2) is 0 Å². The molecule has 4 rings (SSSR count). The Balaban J connectivity index is 1.68. The quantitative estimate of drug-likeness (QED) is 0.556. The molecular formula is C21H22N6. The second kappa shape index (κ2) is 7.07. The number of hydrogen-bond donors (Lipinski definition) is 2. The molecular weight excluding hydrogens is 336 g/mol. The van der Waals surface area contributed by atoms with Gasteiger partial charge >= 0.3 is 0 Å². The standard InChI is InChI=1S/C21H22N6/c1-14-8-4-6-10-16(14)12-22-21-25-19(17-13-23-27(3)20(17)26-21)24-18-11-7-5-9-15(18)2/h4-11,13H,12H2,1-3H3,(H2,22,24,25,26). The molecule has 27 heavy (non-hydrogen) atoms. The molecule has 0 saturated heterocycles. The van der Waals surface area contributed by atoms with Gasteiger partial charge in [0.1, 0.15) is 5.82 Å². The Hall–Kier alpha value is -3.41. The monoisotopic (exact) mass is 358 g/mol. The highest BCUT2D eigenvalue weighted by Gasteiger charge is 2.12. The molecule has 0 spiro atoms. The van der Waals surface area contributed by atoms with Crippen LogP contribution in [0.25, 0.3) is 11.0 Å². The molecule has 4 aromatic rings. The van der Waals surface area contributed by atoms with Crippen LogP contribution in [-0.2, 0) is 13.6 Å². The lowest BCUT2D eigenvalue weighted by atomic mass is 10.1. The van der Waals surface area contributed by atoms with Gasteiger partial charge in [-0.15, -0.1) is 0 Å². The Labute approximate surface area is 158 Å². The molecule has 2 aromatic carbocycles. The number of hydrogen-bond acceptors (Lipinski definition) is 5. The Morgan fingerprint density at radius 1 is 0.926 bits per heavy atom. The van der Waals surface area contributed by atoms with Crippen molar-refractivity contribution in [2.45, 2.75) is 20.4 Å². The van der Waals surface area contributed by atoms with E-state index in [-0.39, 0.29) is 0 Å². The van der Waals surface area contributed by atoms with Crippen LogP contribution in [0.15, 0.2) is 54.7 Å². The molecule has 0 aliphatic carbocycles.